The highest BCUT2D eigenvalue weighted by Crippen LogP contribution is 2.64. The maximum absolute atomic E-state index is 10.9. The second-order valence-corrected chi connectivity index (χ2v) is 6.49. The molecule has 0 radical (unpaired) electrons. The van der Waals surface area contributed by atoms with Crippen molar-refractivity contribution in [2.45, 2.75) is 0 Å². The van der Waals surface area contributed by atoms with Crippen LogP contribution in [-0.4, -0.2) is 19.6 Å². The van der Waals surface area contributed by atoms with Crippen molar-refractivity contribution in [1.29, 1.82) is 0 Å². The maximum atomic E-state index is 10.9. The zero-order valence-corrected chi connectivity index (χ0v) is 9.75. The van der Waals surface area contributed by atoms with E-state index in [-0.39, 0.29) is 0 Å². The van der Waals surface area contributed by atoms with E-state index < -0.39 is 20.2 Å². The van der Waals surface area contributed by atoms with Gasteiger partial charge in [0.15, 0.2) is 5.06 Å². The van der Waals surface area contributed by atoms with E-state index in [0.29, 0.717) is 5.56 Å². The monoisotopic (exact) mass is 264 g/mol. The predicted octanol–water partition coefficient (Wildman–Crippen LogP) is 1.34. The quantitative estimate of drug-likeness (QED) is 0.612. The van der Waals surface area contributed by atoms with E-state index >= 15 is 0 Å². The highest BCUT2D eigenvalue weighted by molar-refractivity contribution is 7.77. The fraction of sp³-hybridized carbons (Fsp3) is 0. The van der Waals surface area contributed by atoms with Crippen molar-refractivity contribution in [3.8, 4) is 0 Å². The van der Waals surface area contributed by atoms with Crippen LogP contribution in [-0.2, 0) is 9.13 Å². The fourth-order valence-electron chi connectivity index (χ4n) is 1.04. The third-order valence-corrected chi connectivity index (χ3v) is 4.71. The first kappa shape index (κ1) is 13.3. The molecular formula is C8H10O6P2. The van der Waals surface area contributed by atoms with E-state index in [4.69, 9.17) is 19.6 Å². The molecule has 8 heteroatoms. The molecule has 1 aromatic carbocycles. The molecule has 0 spiro atoms. The Balaban J connectivity index is 3.30. The second-order valence-electron chi connectivity index (χ2n) is 3.00. The molecular weight excluding hydrogens is 254 g/mol. The lowest BCUT2D eigenvalue weighted by Crippen LogP contribution is -1.88. The van der Waals surface area contributed by atoms with Gasteiger partial charge in [0, 0.05) is 0 Å². The molecule has 0 aliphatic heterocycles. The summed E-state index contributed by atoms with van der Waals surface area (Å²) in [5, 5.41) is -1.17. The summed E-state index contributed by atoms with van der Waals surface area (Å²) in [6.07, 6.45) is 0.807. The average molecular weight is 264 g/mol. The Morgan fingerprint density at radius 3 is 1.75 bits per heavy atom. The van der Waals surface area contributed by atoms with Gasteiger partial charge in [-0.2, -0.15) is 0 Å². The van der Waals surface area contributed by atoms with Crippen molar-refractivity contribution < 1.29 is 28.7 Å². The van der Waals surface area contributed by atoms with Crippen LogP contribution in [0.3, 0.4) is 0 Å². The van der Waals surface area contributed by atoms with Gasteiger partial charge in [-0.25, -0.2) is 0 Å². The topological polar surface area (TPSA) is 115 Å². The molecule has 0 bridgehead atoms. The van der Waals surface area contributed by atoms with Crippen molar-refractivity contribution in [3.05, 3.63) is 41.0 Å². The third-order valence-electron chi connectivity index (χ3n) is 1.69. The molecule has 0 saturated heterocycles. The molecule has 0 saturated carbocycles. The van der Waals surface area contributed by atoms with Gasteiger partial charge in [-0.05, 0) is 11.6 Å². The number of hydrogen-bond donors (Lipinski definition) is 4. The lowest BCUT2D eigenvalue weighted by molar-refractivity contribution is 0.368. The minimum atomic E-state index is -4.96. The normalized spacial score (nSPS) is 12.2. The summed E-state index contributed by atoms with van der Waals surface area (Å²) >= 11 is 0. The summed E-state index contributed by atoms with van der Waals surface area (Å²) in [7, 11) is -9.93. The first-order valence-electron chi connectivity index (χ1n) is 4.10. The van der Waals surface area contributed by atoms with Crippen LogP contribution in [0.15, 0.2) is 35.4 Å². The standard InChI is InChI=1S/C8H10O6P2/c9-15(10,11)8(16(12,13)14)6-7-4-2-1-3-5-7/h1-6H,(H2,9,10,11)(H2,12,13,14). The van der Waals surface area contributed by atoms with Crippen LogP contribution in [0.4, 0.5) is 0 Å². The molecule has 0 aromatic heterocycles. The van der Waals surface area contributed by atoms with Gasteiger partial charge >= 0.3 is 15.2 Å². The third kappa shape index (κ3) is 3.68. The Labute approximate surface area is 91.6 Å². The van der Waals surface area contributed by atoms with Crippen LogP contribution >= 0.6 is 15.2 Å². The second kappa shape index (κ2) is 4.63. The van der Waals surface area contributed by atoms with Gasteiger partial charge in [0.25, 0.3) is 0 Å². The summed E-state index contributed by atoms with van der Waals surface area (Å²) in [6.45, 7) is 0. The SMILES string of the molecule is O=P(O)(O)C(=Cc1ccccc1)P(=O)(O)O. The summed E-state index contributed by atoms with van der Waals surface area (Å²) in [5.41, 5.74) is 0.309. The number of rotatable bonds is 3. The summed E-state index contributed by atoms with van der Waals surface area (Å²) in [4.78, 5) is 35.3. The molecule has 0 amide bonds. The molecule has 0 aliphatic rings. The minimum Gasteiger partial charge on any atom is -0.321 e. The molecule has 0 atom stereocenters. The van der Waals surface area contributed by atoms with Gasteiger partial charge in [-0.3, -0.25) is 9.13 Å². The molecule has 16 heavy (non-hydrogen) atoms. The van der Waals surface area contributed by atoms with Crippen LogP contribution in [0.1, 0.15) is 5.56 Å². The van der Waals surface area contributed by atoms with Crippen molar-refractivity contribution >= 4 is 21.3 Å². The molecule has 1 rings (SSSR count). The van der Waals surface area contributed by atoms with Crippen LogP contribution in [0.25, 0.3) is 6.08 Å². The molecule has 4 N–H and O–H groups in total. The number of benzene rings is 1. The lowest BCUT2D eigenvalue weighted by Gasteiger charge is -2.10. The molecule has 1 aromatic rings. The molecule has 88 valence electrons. The highest BCUT2D eigenvalue weighted by Gasteiger charge is 2.35. The Bertz CT molecular complexity index is 459. The van der Waals surface area contributed by atoms with Gasteiger partial charge in [-0.1, -0.05) is 30.3 Å². The first-order valence-corrected chi connectivity index (χ1v) is 7.33. The zero-order chi connectivity index (χ0) is 12.4. The summed E-state index contributed by atoms with van der Waals surface area (Å²) in [5.74, 6) is 0. The molecule has 0 heterocycles. The summed E-state index contributed by atoms with van der Waals surface area (Å²) in [6, 6.07) is 7.80. The van der Waals surface area contributed by atoms with E-state index in [0.717, 1.165) is 6.08 Å². The van der Waals surface area contributed by atoms with Crippen LogP contribution in [0, 0.1) is 0 Å². The Hall–Kier alpha value is -0.740. The Morgan fingerprint density at radius 2 is 1.38 bits per heavy atom. The Morgan fingerprint density at radius 1 is 0.938 bits per heavy atom. The largest absolute Gasteiger partial charge is 0.364 e. The van der Waals surface area contributed by atoms with Crippen LogP contribution < -0.4 is 0 Å². The smallest absolute Gasteiger partial charge is 0.321 e. The molecule has 6 nitrogen and oxygen atoms in total. The lowest BCUT2D eigenvalue weighted by atomic mass is 10.2. The van der Waals surface area contributed by atoms with Crippen LogP contribution in [0.5, 0.6) is 0 Å². The van der Waals surface area contributed by atoms with E-state index in [1.165, 1.54) is 12.1 Å². The number of hydrogen-bond acceptors (Lipinski definition) is 2. The zero-order valence-electron chi connectivity index (χ0n) is 7.96. The minimum absolute atomic E-state index is 0.309. The van der Waals surface area contributed by atoms with E-state index in [2.05, 4.69) is 0 Å². The maximum Gasteiger partial charge on any atom is 0.364 e. The average Bonchev–Trinajstić information content (AvgIpc) is 2.12. The van der Waals surface area contributed by atoms with E-state index in [1.54, 1.807) is 18.2 Å². The van der Waals surface area contributed by atoms with E-state index in [9.17, 15) is 9.13 Å². The molecule has 0 unspecified atom stereocenters. The summed E-state index contributed by atoms with van der Waals surface area (Å²) < 4.78 is 21.8. The van der Waals surface area contributed by atoms with Gasteiger partial charge < -0.3 is 19.6 Å². The molecule has 0 aliphatic carbocycles. The van der Waals surface area contributed by atoms with Crippen molar-refractivity contribution in [2.75, 3.05) is 0 Å². The first-order chi connectivity index (χ1) is 7.21. The predicted molar refractivity (Wildman–Crippen MR) is 58.5 cm³/mol. The van der Waals surface area contributed by atoms with Gasteiger partial charge in [0.1, 0.15) is 0 Å². The highest BCUT2D eigenvalue weighted by atomic mass is 31.2. The fourth-order valence-corrected chi connectivity index (χ4v) is 3.03. The van der Waals surface area contributed by atoms with Crippen molar-refractivity contribution in [1.82, 2.24) is 0 Å². The molecule has 0 fully saturated rings. The van der Waals surface area contributed by atoms with Crippen molar-refractivity contribution in [3.63, 3.8) is 0 Å². The van der Waals surface area contributed by atoms with Crippen LogP contribution in [0.2, 0.25) is 0 Å². The van der Waals surface area contributed by atoms with Gasteiger partial charge in [-0.15, -0.1) is 0 Å². The van der Waals surface area contributed by atoms with Crippen molar-refractivity contribution in [2.24, 2.45) is 0 Å². The van der Waals surface area contributed by atoms with Gasteiger partial charge in [0.2, 0.25) is 0 Å². The van der Waals surface area contributed by atoms with Gasteiger partial charge in [0.05, 0.1) is 0 Å². The Kier molecular flexibility index (Phi) is 3.86. The van der Waals surface area contributed by atoms with E-state index in [1.807, 2.05) is 0 Å².